The van der Waals surface area contributed by atoms with E-state index in [0.717, 1.165) is 18.7 Å². The molecule has 0 N–H and O–H groups in total. The van der Waals surface area contributed by atoms with Crippen molar-refractivity contribution in [3.63, 3.8) is 0 Å². The van der Waals surface area contributed by atoms with E-state index in [1.165, 1.54) is 11.1 Å². The summed E-state index contributed by atoms with van der Waals surface area (Å²) in [6.45, 7) is 11.9. The van der Waals surface area contributed by atoms with Gasteiger partial charge in [0.15, 0.2) is 5.78 Å². The number of nitrogens with zero attached hydrogens (tertiary/aromatic N) is 1. The maximum atomic E-state index is 12.6. The van der Waals surface area contributed by atoms with E-state index in [-0.39, 0.29) is 24.0 Å². The van der Waals surface area contributed by atoms with E-state index in [2.05, 4.69) is 32.6 Å². The predicted octanol–water partition coefficient (Wildman–Crippen LogP) is 2.98. The van der Waals surface area contributed by atoms with Gasteiger partial charge >= 0.3 is 0 Å². The third kappa shape index (κ3) is 3.28. The molecule has 1 aliphatic heterocycles. The molecule has 0 amide bonds. The molecule has 0 aromatic heterocycles. The molecule has 20 heavy (non-hydrogen) atoms. The van der Waals surface area contributed by atoms with Crippen molar-refractivity contribution in [3.8, 4) is 0 Å². The molecule has 1 aromatic carbocycles. The van der Waals surface area contributed by atoms with Gasteiger partial charge in [0.25, 0.3) is 0 Å². The van der Waals surface area contributed by atoms with Crippen LogP contribution in [0.5, 0.6) is 0 Å². The Kier molecular flexibility index (Phi) is 4.61. The zero-order valence-corrected chi connectivity index (χ0v) is 13.1. The molecule has 1 aromatic rings. The predicted molar refractivity (Wildman–Crippen MR) is 81.3 cm³/mol. The highest BCUT2D eigenvalue weighted by atomic mass is 16.5. The third-order valence-electron chi connectivity index (χ3n) is 4.17. The summed E-state index contributed by atoms with van der Waals surface area (Å²) in [5.41, 5.74) is 3.21. The molecule has 0 radical (unpaired) electrons. The monoisotopic (exact) mass is 275 g/mol. The molecule has 110 valence electrons. The number of hydrogen-bond donors (Lipinski definition) is 0. The third-order valence-corrected chi connectivity index (χ3v) is 4.17. The average molecular weight is 275 g/mol. The Morgan fingerprint density at radius 2 is 1.80 bits per heavy atom. The molecular weight excluding hydrogens is 250 g/mol. The van der Waals surface area contributed by atoms with Crippen molar-refractivity contribution >= 4 is 5.78 Å². The first-order valence-electron chi connectivity index (χ1n) is 7.39. The lowest BCUT2D eigenvalue weighted by Crippen LogP contribution is -2.51. The molecule has 1 fully saturated rings. The molecule has 3 atom stereocenters. The second kappa shape index (κ2) is 6.06. The summed E-state index contributed by atoms with van der Waals surface area (Å²) in [6.07, 6.45) is 0.377. The van der Waals surface area contributed by atoms with E-state index in [9.17, 15) is 4.79 Å². The highest BCUT2D eigenvalue weighted by Crippen LogP contribution is 2.18. The SMILES string of the molecule is Cc1ccc(C(=O)C(C)N2C[C@@H](C)O[C@@H](C)C2)cc1C. The largest absolute Gasteiger partial charge is 0.373 e. The first-order valence-corrected chi connectivity index (χ1v) is 7.39. The molecule has 2 rings (SSSR count). The number of hydrogen-bond acceptors (Lipinski definition) is 3. The van der Waals surface area contributed by atoms with E-state index in [4.69, 9.17) is 4.74 Å². The number of rotatable bonds is 3. The van der Waals surface area contributed by atoms with Crippen LogP contribution in [-0.2, 0) is 4.74 Å². The normalized spacial score (nSPS) is 25.4. The second-order valence-electron chi connectivity index (χ2n) is 6.05. The summed E-state index contributed by atoms with van der Waals surface area (Å²) in [5.74, 6) is 0.203. The van der Waals surface area contributed by atoms with Crippen LogP contribution in [0.3, 0.4) is 0 Å². The quantitative estimate of drug-likeness (QED) is 0.794. The maximum absolute atomic E-state index is 12.6. The number of morpholine rings is 1. The van der Waals surface area contributed by atoms with Crippen molar-refractivity contribution in [2.75, 3.05) is 13.1 Å². The van der Waals surface area contributed by atoms with Gasteiger partial charge in [-0.25, -0.2) is 0 Å². The summed E-state index contributed by atoms with van der Waals surface area (Å²) in [4.78, 5) is 14.9. The zero-order valence-electron chi connectivity index (χ0n) is 13.1. The summed E-state index contributed by atoms with van der Waals surface area (Å²) < 4.78 is 5.73. The first-order chi connectivity index (χ1) is 9.38. The number of aryl methyl sites for hydroxylation is 2. The van der Waals surface area contributed by atoms with Crippen LogP contribution in [-0.4, -0.2) is 42.0 Å². The lowest BCUT2D eigenvalue weighted by atomic mass is 9.99. The number of ketones is 1. The Morgan fingerprint density at radius 1 is 1.20 bits per heavy atom. The molecule has 0 saturated carbocycles. The number of carbonyl (C=O) groups excluding carboxylic acids is 1. The van der Waals surface area contributed by atoms with Gasteiger partial charge in [0.1, 0.15) is 0 Å². The minimum Gasteiger partial charge on any atom is -0.373 e. The summed E-state index contributed by atoms with van der Waals surface area (Å²) in [5, 5.41) is 0. The van der Waals surface area contributed by atoms with Crippen molar-refractivity contribution in [2.45, 2.75) is 52.9 Å². The van der Waals surface area contributed by atoms with E-state index >= 15 is 0 Å². The second-order valence-corrected chi connectivity index (χ2v) is 6.05. The molecule has 0 spiro atoms. The topological polar surface area (TPSA) is 29.5 Å². The van der Waals surface area contributed by atoms with Crippen molar-refractivity contribution in [1.29, 1.82) is 0 Å². The van der Waals surface area contributed by atoms with Gasteiger partial charge in [-0.1, -0.05) is 12.1 Å². The standard InChI is InChI=1S/C17H25NO2/c1-11-6-7-16(8-12(11)2)17(19)15(5)18-9-13(3)20-14(4)10-18/h6-8,13-15H,9-10H2,1-5H3/t13-,14+,15?. The van der Waals surface area contributed by atoms with Gasteiger partial charge in [0, 0.05) is 18.7 Å². The molecule has 1 aliphatic rings. The highest BCUT2D eigenvalue weighted by molar-refractivity contribution is 6.00. The zero-order chi connectivity index (χ0) is 14.9. The van der Waals surface area contributed by atoms with Gasteiger partial charge in [-0.05, 0) is 51.8 Å². The van der Waals surface area contributed by atoms with Crippen molar-refractivity contribution in [1.82, 2.24) is 4.90 Å². The van der Waals surface area contributed by atoms with E-state index in [0.29, 0.717) is 0 Å². The van der Waals surface area contributed by atoms with Gasteiger partial charge in [-0.2, -0.15) is 0 Å². The first kappa shape index (κ1) is 15.2. The minimum absolute atomic E-state index is 0.0918. The van der Waals surface area contributed by atoms with Crippen LogP contribution in [0.1, 0.15) is 42.3 Å². The smallest absolute Gasteiger partial charge is 0.179 e. The number of carbonyl (C=O) groups is 1. The van der Waals surface area contributed by atoms with Crippen LogP contribution in [0.2, 0.25) is 0 Å². The van der Waals surface area contributed by atoms with Crippen LogP contribution in [0.25, 0.3) is 0 Å². The van der Waals surface area contributed by atoms with Crippen molar-refractivity contribution in [2.24, 2.45) is 0 Å². The molecule has 3 nitrogen and oxygen atoms in total. The van der Waals surface area contributed by atoms with E-state index < -0.39 is 0 Å². The Bertz CT molecular complexity index is 488. The van der Waals surface area contributed by atoms with Crippen molar-refractivity contribution in [3.05, 3.63) is 34.9 Å². The van der Waals surface area contributed by atoms with E-state index in [1.807, 2.05) is 25.1 Å². The average Bonchev–Trinajstić information content (AvgIpc) is 2.39. The van der Waals surface area contributed by atoms with Gasteiger partial charge in [-0.15, -0.1) is 0 Å². The highest BCUT2D eigenvalue weighted by Gasteiger charge is 2.29. The van der Waals surface area contributed by atoms with Crippen molar-refractivity contribution < 1.29 is 9.53 Å². The van der Waals surface area contributed by atoms with Gasteiger partial charge in [0.2, 0.25) is 0 Å². The molecule has 1 unspecified atom stereocenters. The van der Waals surface area contributed by atoms with E-state index in [1.54, 1.807) is 0 Å². The van der Waals surface area contributed by atoms with Gasteiger partial charge in [0.05, 0.1) is 18.2 Å². The lowest BCUT2D eigenvalue weighted by molar-refractivity contribution is -0.0744. The molecule has 1 saturated heterocycles. The fourth-order valence-corrected chi connectivity index (χ4v) is 2.84. The summed E-state index contributed by atoms with van der Waals surface area (Å²) >= 11 is 0. The Morgan fingerprint density at radius 3 is 2.35 bits per heavy atom. The Balaban J connectivity index is 2.13. The Labute approximate surface area is 121 Å². The van der Waals surface area contributed by atoms with Crippen LogP contribution in [0.4, 0.5) is 0 Å². The Hall–Kier alpha value is -1.19. The molecule has 0 aliphatic carbocycles. The number of benzene rings is 1. The summed E-state index contributed by atoms with van der Waals surface area (Å²) in [7, 11) is 0. The lowest BCUT2D eigenvalue weighted by Gasteiger charge is -2.38. The number of ether oxygens (including phenoxy) is 1. The molecule has 1 heterocycles. The fraction of sp³-hybridized carbons (Fsp3) is 0.588. The molecule has 0 bridgehead atoms. The molecular formula is C17H25NO2. The van der Waals surface area contributed by atoms with Gasteiger partial charge < -0.3 is 4.74 Å². The van der Waals surface area contributed by atoms with Crippen LogP contribution < -0.4 is 0 Å². The minimum atomic E-state index is -0.0918. The number of Topliss-reactive ketones (excluding diaryl/α,β-unsaturated/α-hetero) is 1. The maximum Gasteiger partial charge on any atom is 0.179 e. The summed E-state index contributed by atoms with van der Waals surface area (Å²) in [6, 6.07) is 5.88. The van der Waals surface area contributed by atoms with Gasteiger partial charge in [-0.3, -0.25) is 9.69 Å². The molecule has 3 heteroatoms. The van der Waals surface area contributed by atoms with Crippen LogP contribution in [0, 0.1) is 13.8 Å². The van der Waals surface area contributed by atoms with Crippen LogP contribution >= 0.6 is 0 Å². The van der Waals surface area contributed by atoms with Crippen LogP contribution in [0.15, 0.2) is 18.2 Å². The fourth-order valence-electron chi connectivity index (χ4n) is 2.84.